The zero-order valence-corrected chi connectivity index (χ0v) is 9.20. The molecule has 0 saturated carbocycles. The molecular weight excluding hydrogens is 195 g/mol. The Bertz CT molecular complexity index is 55.3. The van der Waals surface area contributed by atoms with Crippen LogP contribution in [0.5, 0.6) is 0 Å². The van der Waals surface area contributed by atoms with E-state index in [1.165, 1.54) is 0 Å². The normalized spacial score (nSPS) is 6.80. The molecule has 0 rings (SSSR count). The number of hydrogen-bond acceptors (Lipinski definition) is 3. The van der Waals surface area contributed by atoms with Crippen LogP contribution in [0.15, 0.2) is 0 Å². The molecule has 0 aliphatic rings. The number of hydrogen-bond donors (Lipinski definition) is 1. The molecule has 0 fully saturated rings. The monoisotopic (exact) mass is 198 g/mol. The summed E-state index contributed by atoms with van der Waals surface area (Å²) < 4.78 is 24.1. The standard InChI is InChI=1S/In.HO3S.2H/c;1-4(2)3;;/h;(H,1,2,3);;/q;-1;;. The second-order valence-corrected chi connectivity index (χ2v) is 0.651. The Kier molecular flexibility index (Phi) is 8.84. The molecule has 0 spiro atoms. The van der Waals surface area contributed by atoms with E-state index in [0.29, 0.717) is 0 Å². The fraction of sp³-hybridized carbons (Fsp3) is 0. The third-order valence-electron chi connectivity index (χ3n) is 0. The molecule has 0 aliphatic heterocycles. The van der Waals surface area contributed by atoms with Crippen molar-refractivity contribution in [3.8, 4) is 0 Å². The van der Waals surface area contributed by atoms with Gasteiger partial charge in [0.1, 0.15) is 0 Å². The van der Waals surface area contributed by atoms with Gasteiger partial charge in [0, 0.05) is 11.0 Å². The third kappa shape index (κ3) is 60.7. The van der Waals surface area contributed by atoms with Crippen molar-refractivity contribution in [2.75, 3.05) is 0 Å². The van der Waals surface area contributed by atoms with Crippen LogP contribution < -0.4 is 0 Å². The Hall–Kier alpha value is 0.780. The summed E-state index contributed by atoms with van der Waals surface area (Å²) in [6, 6.07) is 0. The van der Waals surface area contributed by atoms with Crippen LogP contribution in [0.2, 0.25) is 0 Å². The van der Waals surface area contributed by atoms with Gasteiger partial charge >= 0.3 is 25.8 Å². The van der Waals surface area contributed by atoms with Crippen LogP contribution in [0, 0.1) is 0 Å². The first-order valence-corrected chi connectivity index (χ1v) is 1.55. The quantitative estimate of drug-likeness (QED) is 0.304. The summed E-state index contributed by atoms with van der Waals surface area (Å²) in [5.74, 6) is 0. The predicted octanol–water partition coefficient (Wildman–Crippen LogP) is -1.15. The van der Waals surface area contributed by atoms with Crippen molar-refractivity contribution in [2.45, 2.75) is 0 Å². The first kappa shape index (κ1) is 9.24. The average Bonchev–Trinajstić information content (AvgIpc) is 0.811. The van der Waals surface area contributed by atoms with Gasteiger partial charge < -0.3 is 13.0 Å². The molecule has 0 atom stereocenters. The van der Waals surface area contributed by atoms with Crippen LogP contribution in [-0.4, -0.2) is 30.4 Å². The molecule has 0 amide bonds. The van der Waals surface area contributed by atoms with E-state index < -0.39 is 11.0 Å². The Balaban J connectivity index is 0. The maximum absolute atomic E-state index is 8.56. The number of rotatable bonds is 0. The summed E-state index contributed by atoms with van der Waals surface area (Å²) in [4.78, 5) is 0. The fourth-order valence-corrected chi connectivity index (χ4v) is 0. The van der Waals surface area contributed by atoms with Gasteiger partial charge in [-0.2, -0.15) is 0 Å². The van der Waals surface area contributed by atoms with E-state index in [0.717, 1.165) is 0 Å². The topological polar surface area (TPSA) is 54.4 Å². The molecule has 1 radical (unpaired) electrons. The van der Waals surface area contributed by atoms with Gasteiger partial charge in [0.25, 0.3) is 0 Å². The van der Waals surface area contributed by atoms with Gasteiger partial charge in [0.2, 0.25) is 0 Å². The van der Waals surface area contributed by atoms with Crippen molar-refractivity contribution < 1.29 is 13.0 Å². The van der Waals surface area contributed by atoms with Crippen molar-refractivity contribution in [3.63, 3.8) is 0 Å². The van der Waals surface area contributed by atoms with Crippen LogP contribution >= 0.6 is 0 Å². The van der Waals surface area contributed by atoms with Crippen molar-refractivity contribution in [1.82, 2.24) is 0 Å². The van der Waals surface area contributed by atoms with E-state index >= 15 is 0 Å². The summed E-state index contributed by atoms with van der Waals surface area (Å²) in [5, 5.41) is 0. The van der Waals surface area contributed by atoms with E-state index in [1.807, 2.05) is 0 Å². The van der Waals surface area contributed by atoms with Gasteiger partial charge in [0.05, 0.1) is 0 Å². The maximum atomic E-state index is 8.56. The summed E-state index contributed by atoms with van der Waals surface area (Å²) in [7, 11) is -2.86. The minimum atomic E-state index is -2.86. The molecule has 3 nitrogen and oxygen atoms in total. The molecule has 5 heavy (non-hydrogen) atoms. The zero-order valence-electron chi connectivity index (χ0n) is 2.67. The zero-order chi connectivity index (χ0) is 3.58. The predicted molar refractivity (Wildman–Crippen MR) is 19.9 cm³/mol. The molecule has 1 N–H and O–H groups in total. The molecule has 0 saturated heterocycles. The van der Waals surface area contributed by atoms with E-state index in [4.69, 9.17) is 13.0 Å². The molecule has 5 heteroatoms. The fourth-order valence-electron chi connectivity index (χ4n) is 0. The molecule has 0 aromatic carbocycles. The van der Waals surface area contributed by atoms with E-state index in [1.54, 1.807) is 0 Å². The van der Waals surface area contributed by atoms with Gasteiger partial charge in [-0.25, -0.2) is 0 Å². The Morgan fingerprint density at radius 1 is 1.40 bits per heavy atom. The Labute approximate surface area is 49.9 Å². The van der Waals surface area contributed by atoms with Gasteiger partial charge in [0.15, 0.2) is 0 Å². The molecule has 0 heterocycles. The Morgan fingerprint density at radius 2 is 1.40 bits per heavy atom. The van der Waals surface area contributed by atoms with Crippen LogP contribution in [0.3, 0.4) is 0 Å². The Morgan fingerprint density at radius 3 is 1.40 bits per heavy atom. The molecular formula is H3InO3S-. The van der Waals surface area contributed by atoms with E-state index in [9.17, 15) is 0 Å². The van der Waals surface area contributed by atoms with Crippen molar-refractivity contribution in [1.29, 1.82) is 0 Å². The summed E-state index contributed by atoms with van der Waals surface area (Å²) in [6.07, 6.45) is 0. The average molecular weight is 198 g/mol. The van der Waals surface area contributed by atoms with Crippen molar-refractivity contribution >= 4 is 36.8 Å². The molecule has 31 valence electrons. The molecule has 0 bridgehead atoms. The molecule has 0 aromatic heterocycles. The van der Waals surface area contributed by atoms with Gasteiger partial charge in [-0.1, -0.05) is 0 Å². The van der Waals surface area contributed by atoms with Crippen LogP contribution in [0.25, 0.3) is 0 Å². The molecule has 0 aromatic rings. The van der Waals surface area contributed by atoms with Crippen LogP contribution in [0.4, 0.5) is 0 Å². The summed E-state index contributed by atoms with van der Waals surface area (Å²) >= 11 is 0. The van der Waals surface area contributed by atoms with E-state index in [2.05, 4.69) is 0 Å². The molecule has 0 aliphatic carbocycles. The SMILES string of the molecule is O=[S-](=O)O.[InH2]. The first-order chi connectivity index (χ1) is 1.73. The minimum absolute atomic E-state index is 0. The van der Waals surface area contributed by atoms with Crippen LogP contribution in [-0.2, 0) is 19.4 Å². The van der Waals surface area contributed by atoms with Crippen LogP contribution in [0.1, 0.15) is 0 Å². The second-order valence-electron chi connectivity index (χ2n) is 0.217. The molecule has 0 unspecified atom stereocenters. The van der Waals surface area contributed by atoms with E-state index in [-0.39, 0.29) is 25.8 Å². The van der Waals surface area contributed by atoms with Gasteiger partial charge in [-0.05, 0) is 0 Å². The van der Waals surface area contributed by atoms with Gasteiger partial charge in [-0.15, -0.1) is 0 Å². The second kappa shape index (κ2) is 4.78. The third-order valence-corrected chi connectivity index (χ3v) is 0. The van der Waals surface area contributed by atoms with Gasteiger partial charge in [-0.3, -0.25) is 0 Å². The van der Waals surface area contributed by atoms with Crippen molar-refractivity contribution in [2.24, 2.45) is 0 Å². The first-order valence-electron chi connectivity index (χ1n) is 0.516. The van der Waals surface area contributed by atoms with Crippen molar-refractivity contribution in [3.05, 3.63) is 0 Å². The summed E-state index contributed by atoms with van der Waals surface area (Å²) in [5.41, 5.74) is 0. The summed E-state index contributed by atoms with van der Waals surface area (Å²) in [6.45, 7) is 0.